The van der Waals surface area contributed by atoms with Crippen molar-refractivity contribution in [2.75, 3.05) is 0 Å². The lowest BCUT2D eigenvalue weighted by molar-refractivity contribution is -0.132. The second-order valence-electron chi connectivity index (χ2n) is 8.51. The van der Waals surface area contributed by atoms with Gasteiger partial charge in [-0.1, -0.05) is 20.3 Å². The predicted molar refractivity (Wildman–Crippen MR) is 81.4 cm³/mol. The van der Waals surface area contributed by atoms with Crippen molar-refractivity contribution >= 4 is 5.78 Å². The first-order valence-corrected chi connectivity index (χ1v) is 8.88. The van der Waals surface area contributed by atoms with Crippen LogP contribution in [-0.2, 0) is 4.79 Å². The predicted octanol–water partition coefficient (Wildman–Crippen LogP) is 5.21. The Labute approximate surface area is 127 Å². The molecule has 5 atom stereocenters. The molecule has 0 spiro atoms. The second-order valence-corrected chi connectivity index (χ2v) is 8.51. The molecule has 116 valence electrons. The van der Waals surface area contributed by atoms with Crippen LogP contribution in [0, 0.1) is 28.6 Å². The van der Waals surface area contributed by atoms with Crippen LogP contribution in [0.4, 0.5) is 4.39 Å². The van der Waals surface area contributed by atoms with Crippen LogP contribution in [0.5, 0.6) is 0 Å². The lowest BCUT2D eigenvalue weighted by Crippen LogP contribution is -2.50. The molecular formula is C19H27FO. The highest BCUT2D eigenvalue weighted by atomic mass is 19.1. The average molecular weight is 290 g/mol. The van der Waals surface area contributed by atoms with Crippen LogP contribution < -0.4 is 0 Å². The highest BCUT2D eigenvalue weighted by Gasteiger charge is 2.59. The van der Waals surface area contributed by atoms with E-state index in [1.165, 1.54) is 6.42 Å². The second kappa shape index (κ2) is 4.43. The largest absolute Gasteiger partial charge is 0.299 e. The Kier molecular flexibility index (Phi) is 2.94. The van der Waals surface area contributed by atoms with Gasteiger partial charge in [-0.15, -0.1) is 0 Å². The average Bonchev–Trinajstić information content (AvgIpc) is 2.75. The van der Waals surface area contributed by atoms with Crippen LogP contribution in [0.25, 0.3) is 0 Å². The summed E-state index contributed by atoms with van der Waals surface area (Å²) in [5.74, 6) is 2.13. The van der Waals surface area contributed by atoms with Crippen LogP contribution in [-0.4, -0.2) is 5.78 Å². The molecule has 0 aliphatic heterocycles. The molecule has 0 radical (unpaired) electrons. The molecule has 0 aromatic rings. The molecule has 1 nitrogen and oxygen atoms in total. The summed E-state index contributed by atoms with van der Waals surface area (Å²) in [6.45, 7) is 4.50. The molecule has 0 heterocycles. The van der Waals surface area contributed by atoms with E-state index in [4.69, 9.17) is 0 Å². The number of Topliss-reactive ketones (excluding diaryl/α,β-unsaturated/α-hetero) is 1. The Morgan fingerprint density at radius 2 is 1.76 bits per heavy atom. The van der Waals surface area contributed by atoms with Gasteiger partial charge in [0.05, 0.1) is 5.83 Å². The SMILES string of the molecule is C[C@]12CCCCC1=C(F)C[C@@H]1[C@H]2CC[C@]2(C)C(=O)CC[C@@H]12. The van der Waals surface area contributed by atoms with Gasteiger partial charge < -0.3 is 0 Å². The molecule has 3 fully saturated rings. The third kappa shape index (κ3) is 1.71. The number of hydrogen-bond acceptors (Lipinski definition) is 1. The van der Waals surface area contributed by atoms with Crippen molar-refractivity contribution in [1.29, 1.82) is 0 Å². The van der Waals surface area contributed by atoms with Gasteiger partial charge in [0.25, 0.3) is 0 Å². The van der Waals surface area contributed by atoms with Crippen molar-refractivity contribution in [3.8, 4) is 0 Å². The third-order valence-corrected chi connectivity index (χ3v) is 7.77. The van der Waals surface area contributed by atoms with Crippen molar-refractivity contribution in [3.05, 3.63) is 11.4 Å². The molecule has 21 heavy (non-hydrogen) atoms. The number of rotatable bonds is 0. The fourth-order valence-electron chi connectivity index (χ4n) is 6.55. The first kappa shape index (κ1) is 14.0. The van der Waals surface area contributed by atoms with Crippen LogP contribution in [0.15, 0.2) is 11.4 Å². The smallest absolute Gasteiger partial charge is 0.139 e. The maximum atomic E-state index is 14.8. The Morgan fingerprint density at radius 1 is 1.00 bits per heavy atom. The van der Waals surface area contributed by atoms with Crippen molar-refractivity contribution in [2.24, 2.45) is 28.6 Å². The molecule has 3 saturated carbocycles. The molecule has 0 N–H and O–H groups in total. The Balaban J connectivity index is 1.75. The first-order valence-electron chi connectivity index (χ1n) is 8.88. The Hall–Kier alpha value is -0.660. The zero-order valence-corrected chi connectivity index (χ0v) is 13.4. The molecular weight excluding hydrogens is 263 g/mol. The number of fused-ring (bicyclic) bond motifs is 5. The summed E-state index contributed by atoms with van der Waals surface area (Å²) in [5.41, 5.74) is 1.12. The van der Waals surface area contributed by atoms with Crippen molar-refractivity contribution < 1.29 is 9.18 Å². The van der Waals surface area contributed by atoms with E-state index in [9.17, 15) is 9.18 Å². The minimum atomic E-state index is -0.135. The summed E-state index contributed by atoms with van der Waals surface area (Å²) in [6.07, 6.45) is 9.10. The quantitative estimate of drug-likeness (QED) is 0.599. The Bertz CT molecular complexity index is 522. The highest BCUT2D eigenvalue weighted by molar-refractivity contribution is 5.87. The van der Waals surface area contributed by atoms with Crippen LogP contribution in [0.3, 0.4) is 0 Å². The summed E-state index contributed by atoms with van der Waals surface area (Å²) in [6, 6.07) is 0. The summed E-state index contributed by atoms with van der Waals surface area (Å²) in [4.78, 5) is 12.3. The van der Waals surface area contributed by atoms with Gasteiger partial charge in [-0.25, -0.2) is 4.39 Å². The van der Waals surface area contributed by atoms with E-state index >= 15 is 0 Å². The highest BCUT2D eigenvalue weighted by Crippen LogP contribution is 2.65. The normalized spacial score (nSPS) is 49.7. The van der Waals surface area contributed by atoms with Gasteiger partial charge in [0.2, 0.25) is 0 Å². The van der Waals surface area contributed by atoms with E-state index < -0.39 is 0 Å². The summed E-state index contributed by atoms with van der Waals surface area (Å²) in [7, 11) is 0. The molecule has 0 amide bonds. The number of carbonyl (C=O) groups is 1. The van der Waals surface area contributed by atoms with Crippen molar-refractivity contribution in [1.82, 2.24) is 0 Å². The van der Waals surface area contributed by atoms with Gasteiger partial charge in [0.1, 0.15) is 5.78 Å². The molecule has 0 saturated heterocycles. The molecule has 4 rings (SSSR count). The number of allylic oxidation sites excluding steroid dienone is 2. The van der Waals surface area contributed by atoms with Gasteiger partial charge in [-0.2, -0.15) is 0 Å². The monoisotopic (exact) mass is 290 g/mol. The van der Waals surface area contributed by atoms with Gasteiger partial charge in [-0.3, -0.25) is 4.79 Å². The van der Waals surface area contributed by atoms with Gasteiger partial charge in [0.15, 0.2) is 0 Å². The number of hydrogen-bond donors (Lipinski definition) is 0. The maximum absolute atomic E-state index is 14.8. The van der Waals surface area contributed by atoms with Gasteiger partial charge in [0, 0.05) is 18.3 Å². The zero-order chi connectivity index (χ0) is 14.8. The fraction of sp³-hybridized carbons (Fsp3) is 0.842. The van der Waals surface area contributed by atoms with Crippen LogP contribution in [0.1, 0.15) is 71.6 Å². The summed E-state index contributed by atoms with van der Waals surface area (Å²) in [5, 5.41) is 0. The number of carbonyl (C=O) groups excluding carboxylic acids is 1. The topological polar surface area (TPSA) is 17.1 Å². The molecule has 4 aliphatic rings. The maximum Gasteiger partial charge on any atom is 0.139 e. The third-order valence-electron chi connectivity index (χ3n) is 7.77. The Morgan fingerprint density at radius 3 is 2.57 bits per heavy atom. The van der Waals surface area contributed by atoms with Gasteiger partial charge in [-0.05, 0) is 67.3 Å². The molecule has 4 aliphatic carbocycles. The van der Waals surface area contributed by atoms with Crippen molar-refractivity contribution in [3.63, 3.8) is 0 Å². The minimum absolute atomic E-state index is 0.0955. The molecule has 2 heteroatoms. The van der Waals surface area contributed by atoms with Crippen molar-refractivity contribution in [2.45, 2.75) is 71.6 Å². The van der Waals surface area contributed by atoms with E-state index in [2.05, 4.69) is 13.8 Å². The lowest BCUT2D eigenvalue weighted by atomic mass is 9.48. The molecule has 0 aromatic carbocycles. The van der Waals surface area contributed by atoms with Crippen LogP contribution in [0.2, 0.25) is 0 Å². The van der Waals surface area contributed by atoms with E-state index in [0.717, 1.165) is 50.5 Å². The van der Waals surface area contributed by atoms with E-state index in [-0.39, 0.29) is 16.7 Å². The fourth-order valence-corrected chi connectivity index (χ4v) is 6.55. The molecule has 0 aromatic heterocycles. The number of ketones is 1. The molecule has 0 bridgehead atoms. The molecule has 0 unspecified atom stereocenters. The van der Waals surface area contributed by atoms with Gasteiger partial charge >= 0.3 is 0 Å². The first-order chi connectivity index (χ1) is 9.97. The van der Waals surface area contributed by atoms with E-state index in [1.54, 1.807) is 0 Å². The minimum Gasteiger partial charge on any atom is -0.299 e. The van der Waals surface area contributed by atoms with E-state index in [1.807, 2.05) is 0 Å². The van der Waals surface area contributed by atoms with E-state index in [0.29, 0.717) is 30.0 Å². The summed E-state index contributed by atoms with van der Waals surface area (Å²) >= 11 is 0. The standard InChI is InChI=1S/C19H27FO/c1-18-9-4-3-5-15(18)16(20)11-12-13-6-7-17(21)19(13,2)10-8-14(12)18/h12-14H,3-11H2,1-2H3/t12-,13-,14+,18+,19-/m0/s1. The lowest BCUT2D eigenvalue weighted by Gasteiger charge is -2.56. The number of halogens is 1. The summed E-state index contributed by atoms with van der Waals surface area (Å²) < 4.78 is 14.8. The zero-order valence-electron chi connectivity index (χ0n) is 13.4. The van der Waals surface area contributed by atoms with Crippen LogP contribution >= 0.6 is 0 Å².